The standard InChI is InChI=1S/C7H4BrClF2O/c8-7(10,11)12-6-3-1-5(9)2-4-6/h1-4H. The van der Waals surface area contributed by atoms with Crippen LogP contribution < -0.4 is 4.74 Å². The van der Waals surface area contributed by atoms with Crippen LogP contribution in [0.3, 0.4) is 0 Å². The quantitative estimate of drug-likeness (QED) is 0.735. The molecule has 0 aliphatic heterocycles. The first-order valence-electron chi connectivity index (χ1n) is 2.99. The molecule has 1 nitrogen and oxygen atoms in total. The molecular formula is C7H4BrClF2O. The predicted octanol–water partition coefficient (Wildman–Crippen LogP) is 3.66. The van der Waals surface area contributed by atoms with Gasteiger partial charge in [0.05, 0.1) is 0 Å². The Hall–Kier alpha value is -0.350. The molecule has 0 aliphatic carbocycles. The smallest absolute Gasteiger partial charge is 0.424 e. The lowest BCUT2D eigenvalue weighted by Gasteiger charge is -2.10. The van der Waals surface area contributed by atoms with Gasteiger partial charge in [0.15, 0.2) is 0 Å². The summed E-state index contributed by atoms with van der Waals surface area (Å²) >= 11 is 7.57. The summed E-state index contributed by atoms with van der Waals surface area (Å²) in [6, 6.07) is 5.65. The Morgan fingerprint density at radius 2 is 1.75 bits per heavy atom. The highest BCUT2D eigenvalue weighted by atomic mass is 79.9. The van der Waals surface area contributed by atoms with Crippen molar-refractivity contribution >= 4 is 27.5 Å². The van der Waals surface area contributed by atoms with E-state index in [1.54, 1.807) is 0 Å². The molecule has 0 unspecified atom stereocenters. The van der Waals surface area contributed by atoms with Gasteiger partial charge in [-0.1, -0.05) is 11.6 Å². The highest BCUT2D eigenvalue weighted by Gasteiger charge is 2.26. The van der Waals surface area contributed by atoms with E-state index in [9.17, 15) is 8.78 Å². The lowest BCUT2D eigenvalue weighted by molar-refractivity contribution is -0.0802. The number of benzene rings is 1. The average molecular weight is 257 g/mol. The van der Waals surface area contributed by atoms with Crippen LogP contribution in [0.1, 0.15) is 0 Å². The zero-order valence-corrected chi connectivity index (χ0v) is 8.07. The number of hydrogen-bond donors (Lipinski definition) is 0. The fourth-order valence-electron chi connectivity index (χ4n) is 0.636. The Balaban J connectivity index is 2.71. The van der Waals surface area contributed by atoms with E-state index in [4.69, 9.17) is 11.6 Å². The number of alkyl halides is 3. The van der Waals surface area contributed by atoms with Crippen molar-refractivity contribution < 1.29 is 13.5 Å². The van der Waals surface area contributed by atoms with Gasteiger partial charge in [0, 0.05) is 21.0 Å². The summed E-state index contributed by atoms with van der Waals surface area (Å²) in [6.45, 7) is 0. The molecule has 1 aromatic rings. The van der Waals surface area contributed by atoms with Crippen LogP contribution >= 0.6 is 27.5 Å². The van der Waals surface area contributed by atoms with Gasteiger partial charge in [0.25, 0.3) is 0 Å². The summed E-state index contributed by atoms with van der Waals surface area (Å²) in [5.74, 6) is 0.0567. The first-order valence-corrected chi connectivity index (χ1v) is 4.16. The zero-order valence-electron chi connectivity index (χ0n) is 5.73. The van der Waals surface area contributed by atoms with Gasteiger partial charge in [0.1, 0.15) is 5.75 Å². The molecule has 1 rings (SSSR count). The SMILES string of the molecule is FC(F)(Br)Oc1ccc(Cl)cc1. The third-order valence-electron chi connectivity index (χ3n) is 1.05. The normalized spacial score (nSPS) is 11.3. The van der Waals surface area contributed by atoms with Crippen molar-refractivity contribution in [3.63, 3.8) is 0 Å². The van der Waals surface area contributed by atoms with E-state index in [0.717, 1.165) is 0 Å². The van der Waals surface area contributed by atoms with Crippen molar-refractivity contribution in [2.75, 3.05) is 0 Å². The third kappa shape index (κ3) is 3.36. The van der Waals surface area contributed by atoms with Gasteiger partial charge >= 0.3 is 5.02 Å². The van der Waals surface area contributed by atoms with Crippen LogP contribution in [0.2, 0.25) is 5.02 Å². The molecular weight excluding hydrogens is 253 g/mol. The summed E-state index contributed by atoms with van der Waals surface area (Å²) < 4.78 is 28.5. The molecule has 0 amide bonds. The predicted molar refractivity (Wildman–Crippen MR) is 46.0 cm³/mol. The fourth-order valence-corrected chi connectivity index (χ4v) is 0.949. The summed E-state index contributed by atoms with van der Waals surface area (Å²) in [7, 11) is 0. The van der Waals surface area contributed by atoms with Crippen molar-refractivity contribution in [2.24, 2.45) is 0 Å². The second-order valence-corrected chi connectivity index (χ2v) is 3.36. The molecule has 0 spiro atoms. The first-order chi connectivity index (χ1) is 5.47. The van der Waals surface area contributed by atoms with Crippen molar-refractivity contribution in [3.8, 4) is 5.75 Å². The third-order valence-corrected chi connectivity index (χ3v) is 1.46. The minimum absolute atomic E-state index is 0.0567. The maximum Gasteiger partial charge on any atom is 0.459 e. The van der Waals surface area contributed by atoms with Gasteiger partial charge in [-0.2, -0.15) is 8.78 Å². The second kappa shape index (κ2) is 3.58. The molecule has 0 saturated carbocycles. The average Bonchev–Trinajstić information content (AvgIpc) is 1.91. The van der Waals surface area contributed by atoms with Crippen LogP contribution in [-0.2, 0) is 0 Å². The molecule has 12 heavy (non-hydrogen) atoms. The van der Waals surface area contributed by atoms with Crippen LogP contribution in [0, 0.1) is 0 Å². The second-order valence-electron chi connectivity index (χ2n) is 2.00. The monoisotopic (exact) mass is 256 g/mol. The van der Waals surface area contributed by atoms with E-state index in [1.807, 2.05) is 15.9 Å². The topological polar surface area (TPSA) is 9.23 Å². The molecule has 0 aliphatic rings. The molecule has 0 N–H and O–H groups in total. The Bertz CT molecular complexity index is 257. The summed E-state index contributed by atoms with van der Waals surface area (Å²) in [5, 5.41) is -2.86. The summed E-state index contributed by atoms with van der Waals surface area (Å²) in [5.41, 5.74) is 0. The van der Waals surface area contributed by atoms with Crippen molar-refractivity contribution in [1.29, 1.82) is 0 Å². The van der Waals surface area contributed by atoms with Crippen molar-refractivity contribution in [1.82, 2.24) is 0 Å². The van der Waals surface area contributed by atoms with E-state index >= 15 is 0 Å². The van der Waals surface area contributed by atoms with Gasteiger partial charge in [0.2, 0.25) is 0 Å². The summed E-state index contributed by atoms with van der Waals surface area (Å²) in [6.07, 6.45) is 0. The minimum Gasteiger partial charge on any atom is -0.424 e. The zero-order chi connectivity index (χ0) is 9.19. The van der Waals surface area contributed by atoms with E-state index in [0.29, 0.717) is 5.02 Å². The molecule has 1 aromatic carbocycles. The Kier molecular flexibility index (Phi) is 2.90. The van der Waals surface area contributed by atoms with E-state index < -0.39 is 5.02 Å². The van der Waals surface area contributed by atoms with Gasteiger partial charge < -0.3 is 4.74 Å². The van der Waals surface area contributed by atoms with E-state index in [1.165, 1.54) is 24.3 Å². The van der Waals surface area contributed by atoms with E-state index in [2.05, 4.69) is 4.74 Å². The van der Waals surface area contributed by atoms with Crippen LogP contribution in [0.25, 0.3) is 0 Å². The molecule has 0 fully saturated rings. The van der Waals surface area contributed by atoms with Crippen LogP contribution in [0.4, 0.5) is 8.78 Å². The number of halogens is 4. The van der Waals surface area contributed by atoms with Gasteiger partial charge in [-0.3, -0.25) is 0 Å². The maximum atomic E-state index is 12.2. The molecule has 0 bridgehead atoms. The Labute approximate surface area is 81.4 Å². The van der Waals surface area contributed by atoms with Crippen LogP contribution in [-0.4, -0.2) is 5.02 Å². The molecule has 0 atom stereocenters. The molecule has 0 radical (unpaired) electrons. The molecule has 0 aromatic heterocycles. The van der Waals surface area contributed by atoms with Crippen LogP contribution in [0.5, 0.6) is 5.75 Å². The van der Waals surface area contributed by atoms with Gasteiger partial charge in [-0.05, 0) is 24.3 Å². The van der Waals surface area contributed by atoms with Gasteiger partial charge in [-0.15, -0.1) is 0 Å². The molecule has 5 heteroatoms. The Morgan fingerprint density at radius 3 is 2.17 bits per heavy atom. The van der Waals surface area contributed by atoms with E-state index in [-0.39, 0.29) is 5.75 Å². The summed E-state index contributed by atoms with van der Waals surface area (Å²) in [4.78, 5) is 0. The first kappa shape index (κ1) is 9.74. The lowest BCUT2D eigenvalue weighted by atomic mass is 10.3. The van der Waals surface area contributed by atoms with Gasteiger partial charge in [-0.25, -0.2) is 0 Å². The number of hydrogen-bond acceptors (Lipinski definition) is 1. The lowest BCUT2D eigenvalue weighted by Crippen LogP contribution is -2.14. The van der Waals surface area contributed by atoms with Crippen molar-refractivity contribution in [2.45, 2.75) is 5.02 Å². The van der Waals surface area contributed by atoms with Crippen molar-refractivity contribution in [3.05, 3.63) is 29.3 Å². The maximum absolute atomic E-state index is 12.2. The largest absolute Gasteiger partial charge is 0.459 e. The molecule has 0 saturated heterocycles. The minimum atomic E-state index is -3.33. The molecule has 0 heterocycles. The van der Waals surface area contributed by atoms with Crippen LogP contribution in [0.15, 0.2) is 24.3 Å². The Morgan fingerprint density at radius 1 is 1.25 bits per heavy atom. The molecule has 66 valence electrons. The number of rotatable bonds is 2. The highest BCUT2D eigenvalue weighted by molar-refractivity contribution is 9.09. The fraction of sp³-hybridized carbons (Fsp3) is 0.143. The number of ether oxygens (including phenoxy) is 1. The highest BCUT2D eigenvalue weighted by Crippen LogP contribution is 2.27.